The van der Waals surface area contributed by atoms with Gasteiger partial charge in [-0.3, -0.25) is 9.78 Å². The van der Waals surface area contributed by atoms with Crippen LogP contribution in [0.4, 0.5) is 0 Å². The van der Waals surface area contributed by atoms with Crippen LogP contribution in [-0.2, 0) is 39.4 Å². The van der Waals surface area contributed by atoms with Crippen molar-refractivity contribution in [2.24, 2.45) is 0 Å². The Morgan fingerprint density at radius 2 is 0.577 bits per heavy atom. The average Bonchev–Trinajstić information content (AvgIpc) is 1.27. The molecule has 0 N–H and O–H groups in total. The fourth-order valence-electron chi connectivity index (χ4n) is 14.8. The Labute approximate surface area is 924 Å². The van der Waals surface area contributed by atoms with Crippen molar-refractivity contribution in [2.75, 3.05) is 0 Å². The summed E-state index contributed by atoms with van der Waals surface area (Å²) in [6.07, 6.45) is 3.22. The van der Waals surface area contributed by atoms with Gasteiger partial charge in [-0.1, -0.05) is 429 Å². The van der Waals surface area contributed by atoms with Crippen LogP contribution in [0, 0.1) is 27.7 Å². The molecule has 678 valence electrons. The molecule has 7 heterocycles. The summed E-state index contributed by atoms with van der Waals surface area (Å²) < 4.78 is 24.4. The molecule has 22 heteroatoms. The van der Waals surface area contributed by atoms with Crippen LogP contribution < -0.4 is 177 Å². The predicted molar refractivity (Wildman–Crippen MR) is 569 cm³/mol. The van der Waals surface area contributed by atoms with Crippen molar-refractivity contribution in [3.63, 3.8) is 0 Å². The number of hydrogen-bond acceptors (Lipinski definition) is 11. The number of carbonyl (C=O) groups is 1. The van der Waals surface area contributed by atoms with E-state index in [4.69, 9.17) is 63.0 Å². The van der Waals surface area contributed by atoms with Crippen molar-refractivity contribution < 1.29 is 158 Å². The van der Waals surface area contributed by atoms with Gasteiger partial charge in [-0.2, -0.15) is 0 Å². The molecule has 137 heavy (non-hydrogen) atoms. The van der Waals surface area contributed by atoms with Gasteiger partial charge in [0.25, 0.3) is 6.47 Å². The average molecular weight is 2080 g/mol. The van der Waals surface area contributed by atoms with E-state index in [-0.39, 0.29) is 142 Å². The van der Waals surface area contributed by atoms with Crippen LogP contribution in [0.5, 0.6) is 0 Å². The smallest absolute Gasteiger partial charge is 1.00 e. The number of pyridine rings is 4. The fraction of sp³-hybridized carbons (Fsp3) is 0.0870. The van der Waals surface area contributed by atoms with Gasteiger partial charge in [0.05, 0.1) is 26.9 Å². The number of aromatic nitrogens is 4. The van der Waals surface area contributed by atoms with Crippen LogP contribution >= 0.6 is 66.5 Å². The molecule has 11 nitrogen and oxygen atoms in total. The van der Waals surface area contributed by atoms with Gasteiger partial charge < -0.3 is 29.7 Å². The van der Waals surface area contributed by atoms with Gasteiger partial charge >= 0.3 is 110 Å². The normalized spacial score (nSPS) is 11.8. The van der Waals surface area contributed by atoms with Crippen molar-refractivity contribution >= 4 is 193 Å². The number of rotatable bonds is 15. The quantitative estimate of drug-likeness (QED) is 0.0241. The third-order valence-electron chi connectivity index (χ3n) is 22.1. The number of halogens is 3. The number of carbonyl (C=O) groups excluding carboxylic acids is 1. The summed E-state index contributed by atoms with van der Waals surface area (Å²) in [7, 11) is -2.22. The van der Waals surface area contributed by atoms with Crippen molar-refractivity contribution in [2.45, 2.75) is 66.6 Å². The topological polar surface area (TPSA) is 146 Å². The van der Waals surface area contributed by atoms with E-state index >= 15 is 0 Å². The second-order valence-electron chi connectivity index (χ2n) is 31.9. The maximum Gasteiger partial charge on any atom is 1.00 e. The Morgan fingerprint density at radius 1 is 0.328 bits per heavy atom. The Balaban J connectivity index is 0.000000166. The Morgan fingerprint density at radius 3 is 0.832 bits per heavy atom. The van der Waals surface area contributed by atoms with Gasteiger partial charge in [0.1, 0.15) is 16.3 Å². The third-order valence-corrected chi connectivity index (χ3v) is 32.9. The first-order valence-corrected chi connectivity index (χ1v) is 50.2. The standard InChI is InChI=1S/C18H20BNO3.C18H13ClN2O.4C18H15P.C6H5Cl2N.CH2O3.2K.Pd.H/c1-11-9-10-13-12-7-6-8-14(15(12)21-16(13)20-11)19-22-17(2,3)18(4,5)23-19;1-10-8-16(20-9-15(10)19)14-5-3-4-12-13-7-6-11(2)21-18(13)22-17(12)14;4*1-4-10-16(11-5-1)19(17-12-6-2-7-13-17)18-14-8-3-9-15-18;1-4-2-6(8)9-3-5(4)7;2-1-4-3;;;;/h6-10H,1-5H3;3-9H,1-2H3;4*1-15H;2-3H,1H3;1,3H;;;;/q;;;;;;;;2*+1;;-1/p-1. The molecule has 20 aromatic rings. The molecular weight excluding hydrogens is 1970 g/mol. The second kappa shape index (κ2) is 54.9. The van der Waals surface area contributed by atoms with Crippen LogP contribution in [0.1, 0.15) is 51.6 Å². The van der Waals surface area contributed by atoms with E-state index in [1.807, 2.05) is 88.4 Å². The molecule has 1 aliphatic heterocycles. The summed E-state index contributed by atoms with van der Waals surface area (Å²) >= 11 is 17.3. The minimum atomic E-state index is -0.446. The number of furan rings is 2. The van der Waals surface area contributed by atoms with E-state index in [0.717, 1.165) is 71.9 Å². The molecule has 1 aliphatic rings. The van der Waals surface area contributed by atoms with E-state index in [1.165, 1.54) is 63.7 Å². The van der Waals surface area contributed by atoms with E-state index in [1.54, 1.807) is 18.5 Å². The number of hydrogen-bond donors (Lipinski definition) is 0. The fourth-order valence-corrected chi connectivity index (χ4v) is 24.5. The zero-order chi connectivity index (χ0) is 93.6. The maximum absolute atomic E-state index is 8.64. The van der Waals surface area contributed by atoms with E-state index < -0.39 is 38.8 Å². The van der Waals surface area contributed by atoms with Crippen molar-refractivity contribution in [1.29, 1.82) is 0 Å². The number of fused-ring (bicyclic) bond motifs is 6. The monoisotopic (exact) mass is 2070 g/mol. The SMILES string of the molecule is Cc1cc(Cl)ncc1Cl.Cc1ccc2c(n1)oc1c(-c3cc(C)c(Cl)cn3)cccc12.Cc1ccc2c(n1)oc1c(B3OC(C)(C)C(C)(C)O3)cccc12.O=CO[O-].[H-].[K+].[K+].[Pd].c1ccc(P(c2ccccc2)c2ccccc2)cc1.c1ccc(P(c2ccccc2)c2ccccc2)cc1.c1ccc(P(c2ccccc2)c2ccccc2)cc1.c1ccc(P(c2ccccc2)c2ccccc2)cc1. The molecule has 14 aromatic carbocycles. The molecular formula is C115H100BCl3K2N4O7P4Pd. The summed E-state index contributed by atoms with van der Waals surface area (Å²) in [4.78, 5) is 28.4. The van der Waals surface area contributed by atoms with Crippen molar-refractivity contribution in [1.82, 2.24) is 19.9 Å². The van der Waals surface area contributed by atoms with Crippen LogP contribution in [0.3, 0.4) is 0 Å². The Kier molecular flexibility index (Phi) is 43.5. The first kappa shape index (κ1) is 109. The molecule has 0 bridgehead atoms. The predicted octanol–water partition coefficient (Wildman–Crippen LogP) is 17.9. The Bertz CT molecular complexity index is 6220. The largest absolute Gasteiger partial charge is 1.00 e. The first-order chi connectivity index (χ1) is 65.3. The van der Waals surface area contributed by atoms with Gasteiger partial charge in [0, 0.05) is 76.8 Å². The molecule has 1 fully saturated rings. The molecule has 21 rings (SSSR count). The molecule has 0 radical (unpaired) electrons. The molecule has 0 aliphatic carbocycles. The number of nitrogens with zero attached hydrogens (tertiary/aromatic N) is 4. The van der Waals surface area contributed by atoms with Gasteiger partial charge in [0.2, 0.25) is 11.4 Å². The summed E-state index contributed by atoms with van der Waals surface area (Å²) in [5.41, 5.74) is 8.71. The molecule has 0 atom stereocenters. The molecule has 6 aromatic heterocycles. The second-order valence-corrected chi connectivity index (χ2v) is 42.0. The summed E-state index contributed by atoms with van der Waals surface area (Å²) in [5.74, 6) is 0. The zero-order valence-corrected chi connectivity index (χ0v) is 91.4. The van der Waals surface area contributed by atoms with Crippen LogP contribution in [0.25, 0.3) is 55.4 Å². The van der Waals surface area contributed by atoms with E-state index in [2.05, 4.69) is 423 Å². The summed E-state index contributed by atoms with van der Waals surface area (Å²) in [6, 6.07) is 153. The first-order valence-electron chi connectivity index (χ1n) is 43.7. The van der Waals surface area contributed by atoms with Crippen LogP contribution in [0.2, 0.25) is 15.2 Å². The van der Waals surface area contributed by atoms with Gasteiger partial charge in [-0.15, -0.1) is 0 Å². The maximum atomic E-state index is 8.64. The molecule has 0 saturated carbocycles. The minimum absolute atomic E-state index is 0. The van der Waals surface area contributed by atoms with Crippen molar-refractivity contribution in [3.8, 4) is 11.3 Å². The summed E-state index contributed by atoms with van der Waals surface area (Å²) in [5, 5.41) is 31.1. The van der Waals surface area contributed by atoms with Crippen LogP contribution in [-0.4, -0.2) is 44.7 Å². The zero-order valence-electron chi connectivity index (χ0n) is 78.8. The molecule has 0 amide bonds. The molecule has 0 spiro atoms. The number of aryl methyl sites for hydroxylation is 4. The van der Waals surface area contributed by atoms with E-state index in [0.29, 0.717) is 26.6 Å². The minimum Gasteiger partial charge on any atom is -1.00 e. The van der Waals surface area contributed by atoms with Crippen molar-refractivity contribution in [3.05, 3.63) is 487 Å². The number of para-hydroxylation sites is 2. The van der Waals surface area contributed by atoms with Gasteiger partial charge in [-0.25, -0.2) is 15.0 Å². The van der Waals surface area contributed by atoms with E-state index in [9.17, 15) is 0 Å². The third kappa shape index (κ3) is 29.7. The van der Waals surface area contributed by atoms with Gasteiger partial charge in [-0.05, 0) is 204 Å². The van der Waals surface area contributed by atoms with Gasteiger partial charge in [0.15, 0.2) is 0 Å². The summed E-state index contributed by atoms with van der Waals surface area (Å²) in [6.45, 7) is 15.8. The molecule has 1 saturated heterocycles. The molecule has 0 unspecified atom stereocenters. The number of benzene rings is 14. The Hall–Kier alpha value is -8.78. The van der Waals surface area contributed by atoms with Crippen LogP contribution in [0.15, 0.2) is 458 Å².